The first-order valence-electron chi connectivity index (χ1n) is 4.85. The molecule has 2 N–H and O–H groups in total. The molecule has 5 heteroatoms. The van der Waals surface area contributed by atoms with E-state index in [-0.39, 0.29) is 11.4 Å². The SMILES string of the molecule is CCN(O)C(C)n1c(O)cc(C)cc1=O. The van der Waals surface area contributed by atoms with E-state index in [1.54, 1.807) is 20.8 Å². The fraction of sp³-hybridized carbons (Fsp3) is 0.500. The summed E-state index contributed by atoms with van der Waals surface area (Å²) in [5.41, 5.74) is 0.370. The van der Waals surface area contributed by atoms with Gasteiger partial charge in [0.05, 0.1) is 0 Å². The van der Waals surface area contributed by atoms with Gasteiger partial charge in [0.1, 0.15) is 6.17 Å². The van der Waals surface area contributed by atoms with Crippen LogP contribution in [0.2, 0.25) is 0 Å². The predicted molar refractivity (Wildman–Crippen MR) is 56.0 cm³/mol. The van der Waals surface area contributed by atoms with E-state index in [1.165, 1.54) is 12.1 Å². The van der Waals surface area contributed by atoms with Gasteiger partial charge in [-0.3, -0.25) is 9.36 Å². The summed E-state index contributed by atoms with van der Waals surface area (Å²) >= 11 is 0. The number of aromatic hydroxyl groups is 1. The van der Waals surface area contributed by atoms with Crippen LogP contribution in [-0.4, -0.2) is 26.5 Å². The number of aromatic nitrogens is 1. The zero-order chi connectivity index (χ0) is 11.6. The van der Waals surface area contributed by atoms with Crippen molar-refractivity contribution in [2.45, 2.75) is 26.9 Å². The van der Waals surface area contributed by atoms with Gasteiger partial charge < -0.3 is 10.3 Å². The van der Waals surface area contributed by atoms with E-state index < -0.39 is 6.17 Å². The molecule has 0 aliphatic carbocycles. The Morgan fingerprint density at radius 3 is 2.60 bits per heavy atom. The highest BCUT2D eigenvalue weighted by atomic mass is 16.5. The Kier molecular flexibility index (Phi) is 3.49. The van der Waals surface area contributed by atoms with Gasteiger partial charge in [-0.1, -0.05) is 6.92 Å². The second-order valence-electron chi connectivity index (χ2n) is 3.49. The second kappa shape index (κ2) is 4.46. The summed E-state index contributed by atoms with van der Waals surface area (Å²) < 4.78 is 1.14. The monoisotopic (exact) mass is 212 g/mol. The van der Waals surface area contributed by atoms with E-state index in [4.69, 9.17) is 0 Å². The molecule has 5 nitrogen and oxygen atoms in total. The Morgan fingerprint density at radius 1 is 1.53 bits per heavy atom. The van der Waals surface area contributed by atoms with Crippen LogP contribution >= 0.6 is 0 Å². The topological polar surface area (TPSA) is 65.7 Å². The molecule has 0 fully saturated rings. The largest absolute Gasteiger partial charge is 0.494 e. The molecule has 1 aromatic rings. The van der Waals surface area contributed by atoms with Crippen LogP contribution in [0.25, 0.3) is 0 Å². The predicted octanol–water partition coefficient (Wildman–Crippen LogP) is 1.09. The molecule has 84 valence electrons. The normalized spacial score (nSPS) is 13.1. The number of pyridine rings is 1. The molecule has 1 rings (SSSR count). The van der Waals surface area contributed by atoms with Gasteiger partial charge >= 0.3 is 0 Å². The van der Waals surface area contributed by atoms with Crippen molar-refractivity contribution in [3.05, 3.63) is 28.0 Å². The van der Waals surface area contributed by atoms with Gasteiger partial charge in [0.15, 0.2) is 5.88 Å². The minimum atomic E-state index is -0.580. The molecule has 0 aliphatic heterocycles. The summed E-state index contributed by atoms with van der Waals surface area (Å²) in [4.78, 5) is 11.6. The summed E-state index contributed by atoms with van der Waals surface area (Å²) in [6.45, 7) is 5.50. The lowest BCUT2D eigenvalue weighted by Crippen LogP contribution is -2.34. The Bertz CT molecular complexity index is 400. The van der Waals surface area contributed by atoms with E-state index >= 15 is 0 Å². The number of rotatable bonds is 3. The molecule has 0 spiro atoms. The quantitative estimate of drug-likeness (QED) is 0.736. The maximum atomic E-state index is 11.6. The van der Waals surface area contributed by atoms with Crippen molar-refractivity contribution in [2.75, 3.05) is 6.54 Å². The van der Waals surface area contributed by atoms with Gasteiger partial charge in [-0.05, 0) is 19.4 Å². The Labute approximate surface area is 88.1 Å². The molecular weight excluding hydrogens is 196 g/mol. The van der Waals surface area contributed by atoms with E-state index in [1.807, 2.05) is 0 Å². The van der Waals surface area contributed by atoms with Crippen LogP contribution in [-0.2, 0) is 0 Å². The van der Waals surface area contributed by atoms with Gasteiger partial charge in [-0.2, -0.15) is 5.06 Å². The van der Waals surface area contributed by atoms with E-state index in [9.17, 15) is 15.1 Å². The van der Waals surface area contributed by atoms with Crippen LogP contribution in [0.1, 0.15) is 25.6 Å². The second-order valence-corrected chi connectivity index (χ2v) is 3.49. The van der Waals surface area contributed by atoms with Gasteiger partial charge in [0, 0.05) is 18.7 Å². The average molecular weight is 212 g/mol. The third-order valence-electron chi connectivity index (χ3n) is 2.32. The van der Waals surface area contributed by atoms with Crippen LogP contribution < -0.4 is 5.56 Å². The molecule has 15 heavy (non-hydrogen) atoms. The summed E-state index contributed by atoms with van der Waals surface area (Å²) in [6, 6.07) is 2.90. The lowest BCUT2D eigenvalue weighted by Gasteiger charge is -2.23. The van der Waals surface area contributed by atoms with E-state index in [0.717, 1.165) is 9.63 Å². The summed E-state index contributed by atoms with van der Waals surface area (Å²) in [6.07, 6.45) is -0.580. The van der Waals surface area contributed by atoms with Crippen LogP contribution in [0.15, 0.2) is 16.9 Å². The van der Waals surface area contributed by atoms with Crippen LogP contribution in [0.5, 0.6) is 5.88 Å². The van der Waals surface area contributed by atoms with Crippen molar-refractivity contribution in [3.63, 3.8) is 0 Å². The smallest absolute Gasteiger partial charge is 0.254 e. The molecule has 0 aromatic carbocycles. The van der Waals surface area contributed by atoms with Crippen molar-refractivity contribution >= 4 is 0 Å². The first-order valence-corrected chi connectivity index (χ1v) is 4.85. The van der Waals surface area contributed by atoms with Gasteiger partial charge in [-0.25, -0.2) is 0 Å². The summed E-state index contributed by atoms with van der Waals surface area (Å²) in [7, 11) is 0. The third kappa shape index (κ3) is 2.37. The van der Waals surface area contributed by atoms with E-state index in [2.05, 4.69) is 0 Å². The molecule has 0 saturated heterocycles. The average Bonchev–Trinajstić information content (AvgIpc) is 2.14. The highest BCUT2D eigenvalue weighted by Crippen LogP contribution is 2.16. The van der Waals surface area contributed by atoms with Crippen molar-refractivity contribution in [1.29, 1.82) is 0 Å². The van der Waals surface area contributed by atoms with E-state index in [0.29, 0.717) is 12.1 Å². The van der Waals surface area contributed by atoms with Crippen LogP contribution in [0, 0.1) is 6.92 Å². The van der Waals surface area contributed by atoms with Crippen LogP contribution in [0.3, 0.4) is 0 Å². The number of hydroxylamine groups is 2. The highest BCUT2D eigenvalue weighted by Gasteiger charge is 2.15. The molecule has 1 aromatic heterocycles. The first-order chi connectivity index (χ1) is 6.97. The van der Waals surface area contributed by atoms with Crippen molar-refractivity contribution in [1.82, 2.24) is 9.63 Å². The Hall–Kier alpha value is -1.33. The maximum absolute atomic E-state index is 11.6. The van der Waals surface area contributed by atoms with Crippen molar-refractivity contribution in [3.8, 4) is 5.88 Å². The van der Waals surface area contributed by atoms with Crippen molar-refractivity contribution < 1.29 is 10.3 Å². The van der Waals surface area contributed by atoms with Gasteiger partial charge in [-0.15, -0.1) is 0 Å². The van der Waals surface area contributed by atoms with Crippen LogP contribution in [0.4, 0.5) is 0 Å². The number of aryl methyl sites for hydroxylation is 1. The minimum Gasteiger partial charge on any atom is -0.494 e. The highest BCUT2D eigenvalue weighted by molar-refractivity contribution is 5.20. The molecule has 1 unspecified atom stereocenters. The maximum Gasteiger partial charge on any atom is 0.254 e. The molecular formula is C10H16N2O3. The fourth-order valence-electron chi connectivity index (χ4n) is 1.47. The lowest BCUT2D eigenvalue weighted by atomic mass is 10.3. The number of hydrogen-bond donors (Lipinski definition) is 2. The molecule has 1 atom stereocenters. The van der Waals surface area contributed by atoms with Crippen molar-refractivity contribution in [2.24, 2.45) is 0 Å². The van der Waals surface area contributed by atoms with Gasteiger partial charge in [0.25, 0.3) is 5.56 Å². The third-order valence-corrected chi connectivity index (χ3v) is 2.32. The zero-order valence-corrected chi connectivity index (χ0v) is 9.14. The molecule has 1 heterocycles. The summed E-state index contributed by atoms with van der Waals surface area (Å²) in [5.74, 6) is -0.139. The fourth-order valence-corrected chi connectivity index (χ4v) is 1.47. The molecule has 0 aliphatic rings. The molecule has 0 bridgehead atoms. The Balaban J connectivity index is 3.20. The number of hydrogen-bond acceptors (Lipinski definition) is 4. The molecule has 0 amide bonds. The Morgan fingerprint density at radius 2 is 2.13 bits per heavy atom. The zero-order valence-electron chi connectivity index (χ0n) is 9.14. The molecule has 0 radical (unpaired) electrons. The molecule has 0 saturated carbocycles. The standard InChI is InChI=1S/C10H16N2O3/c1-4-11(15)8(3)12-9(13)5-7(2)6-10(12)14/h5-6,8,13,15H,4H2,1-3H3. The number of nitrogens with zero attached hydrogens (tertiary/aromatic N) is 2. The lowest BCUT2D eigenvalue weighted by molar-refractivity contribution is -0.143. The summed E-state index contributed by atoms with van der Waals surface area (Å²) in [5, 5.41) is 20.1. The first kappa shape index (κ1) is 11.7. The van der Waals surface area contributed by atoms with Gasteiger partial charge in [0.2, 0.25) is 0 Å². The minimum absolute atomic E-state index is 0.139.